The van der Waals surface area contributed by atoms with Gasteiger partial charge in [-0.25, -0.2) is 0 Å². The first kappa shape index (κ1) is 23.3. The van der Waals surface area contributed by atoms with E-state index >= 15 is 0 Å². The number of nitrogens with zero attached hydrogens (tertiary/aromatic N) is 1. The van der Waals surface area contributed by atoms with Gasteiger partial charge in [0.2, 0.25) is 5.91 Å². The van der Waals surface area contributed by atoms with Crippen LogP contribution in [0.3, 0.4) is 0 Å². The summed E-state index contributed by atoms with van der Waals surface area (Å²) in [6.07, 6.45) is -0.127. The zero-order chi connectivity index (χ0) is 23.3. The van der Waals surface area contributed by atoms with Crippen LogP contribution in [-0.4, -0.2) is 49.0 Å². The summed E-state index contributed by atoms with van der Waals surface area (Å²) in [6.45, 7) is 1.31. The number of methoxy groups -OCH3 is 1. The first-order valence-corrected chi connectivity index (χ1v) is 10.5. The first-order chi connectivity index (χ1) is 15.3. The summed E-state index contributed by atoms with van der Waals surface area (Å²) in [7, 11) is 1.44. The van der Waals surface area contributed by atoms with Crippen molar-refractivity contribution in [2.75, 3.05) is 25.6 Å². The fraction of sp³-hybridized carbons (Fsp3) is 0.273. The van der Waals surface area contributed by atoms with Gasteiger partial charge in [-0.3, -0.25) is 29.6 Å². The third kappa shape index (κ3) is 5.64. The number of aryl methyl sites for hydroxylation is 1. The van der Waals surface area contributed by atoms with Gasteiger partial charge in [-0.2, -0.15) is 0 Å². The monoisotopic (exact) mass is 503 g/mol. The van der Waals surface area contributed by atoms with E-state index in [1.807, 2.05) is 13.0 Å². The van der Waals surface area contributed by atoms with Gasteiger partial charge < -0.3 is 14.8 Å². The Morgan fingerprint density at radius 2 is 1.94 bits per heavy atom. The summed E-state index contributed by atoms with van der Waals surface area (Å²) in [6, 6.07) is 11.9. The summed E-state index contributed by atoms with van der Waals surface area (Å²) in [5.41, 5.74) is 4.20. The van der Waals surface area contributed by atoms with Crippen molar-refractivity contribution in [2.45, 2.75) is 13.3 Å². The Kier molecular flexibility index (Phi) is 7.47. The molecule has 3 rings (SSSR count). The van der Waals surface area contributed by atoms with E-state index in [0.29, 0.717) is 11.4 Å². The Bertz CT molecular complexity index is 1060. The molecule has 2 aromatic rings. The summed E-state index contributed by atoms with van der Waals surface area (Å²) in [4.78, 5) is 49.2. The number of nitrogens with one attached hydrogen (secondary N) is 2. The number of rotatable bonds is 7. The molecule has 2 N–H and O–H groups in total. The van der Waals surface area contributed by atoms with E-state index in [1.165, 1.54) is 7.11 Å². The number of esters is 1. The van der Waals surface area contributed by atoms with Gasteiger partial charge in [0.05, 0.1) is 25.1 Å². The maximum Gasteiger partial charge on any atom is 0.311 e. The number of para-hydroxylation sites is 1. The van der Waals surface area contributed by atoms with E-state index in [2.05, 4.69) is 26.7 Å². The minimum Gasteiger partial charge on any atom is -0.496 e. The number of ether oxygens (including phenoxy) is 2. The SMILES string of the molecule is COc1ccccc1C(=O)NN1C[C@H](C(=O)OCC(=O)Nc2ccc(Br)cc2C)CC1=O. The molecule has 1 fully saturated rings. The van der Waals surface area contributed by atoms with Crippen LogP contribution in [0.4, 0.5) is 5.69 Å². The van der Waals surface area contributed by atoms with Gasteiger partial charge in [0.1, 0.15) is 5.75 Å². The number of amides is 3. The lowest BCUT2D eigenvalue weighted by atomic mass is 10.1. The number of carbonyl (C=O) groups excluding carboxylic acids is 4. The third-order valence-electron chi connectivity index (χ3n) is 4.85. The Morgan fingerprint density at radius 1 is 1.19 bits per heavy atom. The number of hydrazine groups is 1. The molecular weight excluding hydrogens is 482 g/mol. The van der Waals surface area contributed by atoms with Crippen molar-refractivity contribution in [1.29, 1.82) is 0 Å². The highest BCUT2D eigenvalue weighted by Gasteiger charge is 2.37. The van der Waals surface area contributed by atoms with Crippen LogP contribution < -0.4 is 15.5 Å². The fourth-order valence-electron chi connectivity index (χ4n) is 3.20. The van der Waals surface area contributed by atoms with Gasteiger partial charge in [-0.1, -0.05) is 28.1 Å². The van der Waals surface area contributed by atoms with E-state index in [4.69, 9.17) is 9.47 Å². The van der Waals surface area contributed by atoms with Crippen molar-refractivity contribution < 1.29 is 28.7 Å². The molecule has 1 heterocycles. The summed E-state index contributed by atoms with van der Waals surface area (Å²) >= 11 is 3.35. The molecule has 32 heavy (non-hydrogen) atoms. The number of carbonyl (C=O) groups is 4. The molecule has 1 aliphatic heterocycles. The average Bonchev–Trinajstić information content (AvgIpc) is 3.14. The van der Waals surface area contributed by atoms with E-state index in [9.17, 15) is 19.2 Å². The lowest BCUT2D eigenvalue weighted by Crippen LogP contribution is -2.43. The van der Waals surface area contributed by atoms with Gasteiger partial charge in [0, 0.05) is 16.6 Å². The maximum atomic E-state index is 12.5. The molecule has 0 bridgehead atoms. The molecule has 0 saturated carbocycles. The zero-order valence-corrected chi connectivity index (χ0v) is 19.1. The van der Waals surface area contributed by atoms with Crippen LogP contribution in [0.5, 0.6) is 5.75 Å². The second-order valence-corrected chi connectivity index (χ2v) is 8.08. The average molecular weight is 504 g/mol. The molecule has 0 aromatic heterocycles. The van der Waals surface area contributed by atoms with E-state index in [0.717, 1.165) is 15.0 Å². The molecule has 1 atom stereocenters. The highest BCUT2D eigenvalue weighted by Crippen LogP contribution is 2.22. The van der Waals surface area contributed by atoms with E-state index in [1.54, 1.807) is 36.4 Å². The molecule has 2 aromatic carbocycles. The number of halogens is 1. The molecule has 1 aliphatic rings. The summed E-state index contributed by atoms with van der Waals surface area (Å²) < 4.78 is 11.1. The van der Waals surface area contributed by atoms with Gasteiger partial charge in [-0.15, -0.1) is 0 Å². The molecule has 3 amide bonds. The minimum absolute atomic E-state index is 0.0496. The number of hydrogen-bond acceptors (Lipinski definition) is 6. The van der Waals surface area contributed by atoms with Gasteiger partial charge >= 0.3 is 5.97 Å². The smallest absolute Gasteiger partial charge is 0.311 e. The van der Waals surface area contributed by atoms with Crippen molar-refractivity contribution in [3.63, 3.8) is 0 Å². The molecule has 0 spiro atoms. The molecule has 0 aliphatic carbocycles. The predicted molar refractivity (Wildman–Crippen MR) is 119 cm³/mol. The highest BCUT2D eigenvalue weighted by atomic mass is 79.9. The minimum atomic E-state index is -0.789. The quantitative estimate of drug-likeness (QED) is 0.560. The van der Waals surface area contributed by atoms with Crippen LogP contribution in [0.25, 0.3) is 0 Å². The first-order valence-electron chi connectivity index (χ1n) is 9.75. The largest absolute Gasteiger partial charge is 0.496 e. The Labute approximate surface area is 193 Å². The Morgan fingerprint density at radius 3 is 2.66 bits per heavy atom. The second kappa shape index (κ2) is 10.3. The zero-order valence-electron chi connectivity index (χ0n) is 17.5. The highest BCUT2D eigenvalue weighted by molar-refractivity contribution is 9.10. The van der Waals surface area contributed by atoms with Crippen molar-refractivity contribution in [3.05, 3.63) is 58.1 Å². The van der Waals surface area contributed by atoms with Crippen LogP contribution in [0.1, 0.15) is 22.3 Å². The van der Waals surface area contributed by atoms with Crippen LogP contribution in [0, 0.1) is 12.8 Å². The normalized spacial score (nSPS) is 15.3. The van der Waals surface area contributed by atoms with Crippen LogP contribution in [0.2, 0.25) is 0 Å². The molecule has 0 unspecified atom stereocenters. The molecule has 0 radical (unpaired) electrons. The fourth-order valence-corrected chi connectivity index (χ4v) is 3.67. The van der Waals surface area contributed by atoms with E-state index in [-0.39, 0.29) is 18.5 Å². The van der Waals surface area contributed by atoms with Gasteiger partial charge in [0.15, 0.2) is 6.61 Å². The molecule has 1 saturated heterocycles. The number of benzene rings is 2. The summed E-state index contributed by atoms with van der Waals surface area (Å²) in [5.74, 6) is -2.56. The maximum absolute atomic E-state index is 12.5. The molecule has 10 heteroatoms. The van der Waals surface area contributed by atoms with Crippen molar-refractivity contribution in [2.24, 2.45) is 5.92 Å². The third-order valence-corrected chi connectivity index (χ3v) is 5.35. The number of hydrogen-bond donors (Lipinski definition) is 2. The predicted octanol–water partition coefficient (Wildman–Crippen LogP) is 2.44. The second-order valence-electron chi connectivity index (χ2n) is 7.16. The lowest BCUT2D eigenvalue weighted by molar-refractivity contribution is -0.151. The Hall–Kier alpha value is -3.40. The number of anilines is 1. The van der Waals surface area contributed by atoms with E-state index < -0.39 is 36.2 Å². The van der Waals surface area contributed by atoms with Gasteiger partial charge in [-0.05, 0) is 42.8 Å². The van der Waals surface area contributed by atoms with Crippen LogP contribution in [0.15, 0.2) is 46.9 Å². The molecule has 168 valence electrons. The van der Waals surface area contributed by atoms with Crippen molar-refractivity contribution in [3.8, 4) is 5.75 Å². The topological polar surface area (TPSA) is 114 Å². The lowest BCUT2D eigenvalue weighted by Gasteiger charge is -2.18. The van der Waals surface area contributed by atoms with Crippen LogP contribution >= 0.6 is 15.9 Å². The standard InChI is InChI=1S/C22H22BrN3O6/c1-13-9-15(23)7-8-17(13)24-19(27)12-32-22(30)14-10-20(28)26(11-14)25-21(29)16-5-3-4-6-18(16)31-2/h3-9,14H,10-12H2,1-2H3,(H,24,27)(H,25,29)/t14-/m1/s1. The van der Waals surface area contributed by atoms with Crippen molar-refractivity contribution >= 4 is 45.3 Å². The molecule has 9 nitrogen and oxygen atoms in total. The van der Waals surface area contributed by atoms with Crippen molar-refractivity contribution in [1.82, 2.24) is 10.4 Å². The Balaban J connectivity index is 1.51. The molecular formula is C22H22BrN3O6. The van der Waals surface area contributed by atoms with Gasteiger partial charge in [0.25, 0.3) is 11.8 Å². The van der Waals surface area contributed by atoms with Crippen LogP contribution in [-0.2, 0) is 19.1 Å². The summed E-state index contributed by atoms with van der Waals surface area (Å²) in [5, 5.41) is 3.75.